The first-order valence-electron chi connectivity index (χ1n) is 17.5. The highest BCUT2D eigenvalue weighted by Gasteiger charge is 2.20. The van der Waals surface area contributed by atoms with Gasteiger partial charge in [0.2, 0.25) is 0 Å². The maximum absolute atomic E-state index is 6.59. The fourth-order valence-corrected chi connectivity index (χ4v) is 7.83. The van der Waals surface area contributed by atoms with Crippen molar-refractivity contribution >= 4 is 65.4 Å². The number of nitrogens with zero attached hydrogens (tertiary/aromatic N) is 2. The van der Waals surface area contributed by atoms with E-state index in [0.29, 0.717) is 5.82 Å². The lowest BCUT2D eigenvalue weighted by Crippen LogP contribution is -1.96. The Morgan fingerprint density at radius 2 is 0.923 bits per heavy atom. The number of rotatable bonds is 4. The number of hydrogen-bond acceptors (Lipinski definition) is 4. The molecule has 3 aromatic heterocycles. The molecular formula is C48H28N2O2. The molecule has 0 unspecified atom stereocenters. The molecule has 0 amide bonds. The van der Waals surface area contributed by atoms with Crippen molar-refractivity contribution in [3.8, 4) is 45.0 Å². The molecule has 0 bridgehead atoms. The van der Waals surface area contributed by atoms with Gasteiger partial charge >= 0.3 is 0 Å². The fourth-order valence-electron chi connectivity index (χ4n) is 7.83. The van der Waals surface area contributed by atoms with E-state index in [0.717, 1.165) is 83.1 Å². The summed E-state index contributed by atoms with van der Waals surface area (Å²) in [5.74, 6) is 0.648. The van der Waals surface area contributed by atoms with E-state index >= 15 is 0 Å². The second kappa shape index (κ2) is 11.2. The highest BCUT2D eigenvalue weighted by atomic mass is 16.3. The Bertz CT molecular complexity index is 3190. The van der Waals surface area contributed by atoms with Gasteiger partial charge in [0.15, 0.2) is 5.82 Å². The zero-order valence-corrected chi connectivity index (χ0v) is 27.9. The highest BCUT2D eigenvalue weighted by molar-refractivity contribution is 6.19. The van der Waals surface area contributed by atoms with Gasteiger partial charge in [-0.05, 0) is 81.2 Å². The molecule has 0 saturated carbocycles. The van der Waals surface area contributed by atoms with Crippen LogP contribution in [-0.2, 0) is 0 Å². The van der Waals surface area contributed by atoms with E-state index in [1.165, 1.54) is 21.5 Å². The molecule has 0 aliphatic carbocycles. The molecule has 8 aromatic carbocycles. The van der Waals surface area contributed by atoms with E-state index in [2.05, 4.69) is 121 Å². The molecule has 0 radical (unpaired) electrons. The van der Waals surface area contributed by atoms with Crippen LogP contribution in [-0.4, -0.2) is 9.97 Å². The van der Waals surface area contributed by atoms with Crippen molar-refractivity contribution < 1.29 is 8.83 Å². The smallest absolute Gasteiger partial charge is 0.160 e. The number of para-hydroxylation sites is 1. The zero-order valence-electron chi connectivity index (χ0n) is 27.9. The van der Waals surface area contributed by atoms with Crippen molar-refractivity contribution in [1.82, 2.24) is 9.97 Å². The summed E-state index contributed by atoms with van der Waals surface area (Å²) in [6.45, 7) is 0. The second-order valence-corrected chi connectivity index (χ2v) is 13.3. The Balaban J connectivity index is 1.16. The number of benzene rings is 8. The van der Waals surface area contributed by atoms with Crippen LogP contribution >= 0.6 is 0 Å². The van der Waals surface area contributed by atoms with E-state index in [-0.39, 0.29) is 0 Å². The van der Waals surface area contributed by atoms with Crippen LogP contribution in [0.5, 0.6) is 0 Å². The number of furan rings is 2. The maximum atomic E-state index is 6.59. The summed E-state index contributed by atoms with van der Waals surface area (Å²) in [6, 6.07) is 59.1. The predicted octanol–water partition coefficient (Wildman–Crippen LogP) is 13.2. The van der Waals surface area contributed by atoms with Gasteiger partial charge in [0, 0.05) is 38.2 Å². The lowest BCUT2D eigenvalue weighted by Gasteiger charge is -2.11. The molecule has 4 heteroatoms. The molecular weight excluding hydrogens is 637 g/mol. The van der Waals surface area contributed by atoms with E-state index in [1.54, 1.807) is 0 Å². The van der Waals surface area contributed by atoms with Gasteiger partial charge < -0.3 is 8.83 Å². The molecule has 4 nitrogen and oxygen atoms in total. The first-order valence-corrected chi connectivity index (χ1v) is 17.5. The average molecular weight is 665 g/mol. The number of fused-ring (bicyclic) bond motifs is 9. The van der Waals surface area contributed by atoms with Crippen LogP contribution in [0.3, 0.4) is 0 Å². The van der Waals surface area contributed by atoms with Crippen molar-refractivity contribution in [1.29, 1.82) is 0 Å². The molecule has 0 atom stereocenters. The Labute approximate surface area is 298 Å². The summed E-state index contributed by atoms with van der Waals surface area (Å²) in [5.41, 5.74) is 10.2. The van der Waals surface area contributed by atoms with Crippen molar-refractivity contribution in [2.45, 2.75) is 0 Å². The van der Waals surface area contributed by atoms with Gasteiger partial charge in [0.05, 0.1) is 11.4 Å². The normalized spacial score (nSPS) is 11.8. The van der Waals surface area contributed by atoms with Crippen LogP contribution in [0.25, 0.3) is 110 Å². The minimum Gasteiger partial charge on any atom is -0.456 e. The maximum Gasteiger partial charge on any atom is 0.160 e. The van der Waals surface area contributed by atoms with Gasteiger partial charge in [-0.25, -0.2) is 9.97 Å². The third-order valence-electron chi connectivity index (χ3n) is 10.3. The summed E-state index contributed by atoms with van der Waals surface area (Å²) < 4.78 is 12.7. The van der Waals surface area contributed by atoms with E-state index in [9.17, 15) is 0 Å². The molecule has 3 heterocycles. The minimum atomic E-state index is 0.648. The van der Waals surface area contributed by atoms with Crippen LogP contribution < -0.4 is 0 Å². The Morgan fingerprint density at radius 3 is 1.79 bits per heavy atom. The van der Waals surface area contributed by atoms with E-state index in [1.807, 2.05) is 48.5 Å². The van der Waals surface area contributed by atoms with Gasteiger partial charge in [0.1, 0.15) is 22.3 Å². The number of hydrogen-bond donors (Lipinski definition) is 0. The monoisotopic (exact) mass is 664 g/mol. The third-order valence-corrected chi connectivity index (χ3v) is 10.3. The lowest BCUT2D eigenvalue weighted by molar-refractivity contribution is 0.668. The van der Waals surface area contributed by atoms with Crippen LogP contribution in [0.15, 0.2) is 179 Å². The molecule has 0 spiro atoms. The third kappa shape index (κ3) is 4.48. The Kier molecular flexibility index (Phi) is 6.22. The summed E-state index contributed by atoms with van der Waals surface area (Å²) in [6.07, 6.45) is 0. The fraction of sp³-hybridized carbons (Fsp3) is 0. The van der Waals surface area contributed by atoms with Crippen LogP contribution in [0.1, 0.15) is 0 Å². The van der Waals surface area contributed by atoms with Crippen LogP contribution in [0, 0.1) is 0 Å². The molecule has 0 aliphatic rings. The van der Waals surface area contributed by atoms with Gasteiger partial charge in [-0.15, -0.1) is 0 Å². The van der Waals surface area contributed by atoms with Crippen molar-refractivity contribution in [2.24, 2.45) is 0 Å². The summed E-state index contributed by atoms with van der Waals surface area (Å²) in [7, 11) is 0. The molecule has 0 N–H and O–H groups in total. The molecule has 0 aliphatic heterocycles. The molecule has 0 saturated heterocycles. The summed E-state index contributed by atoms with van der Waals surface area (Å²) in [5, 5.41) is 9.14. The molecule has 11 aromatic rings. The van der Waals surface area contributed by atoms with E-state index < -0.39 is 0 Å². The van der Waals surface area contributed by atoms with Crippen molar-refractivity contribution in [3.63, 3.8) is 0 Å². The molecule has 52 heavy (non-hydrogen) atoms. The van der Waals surface area contributed by atoms with Crippen molar-refractivity contribution in [3.05, 3.63) is 170 Å². The Morgan fingerprint density at radius 1 is 0.327 bits per heavy atom. The van der Waals surface area contributed by atoms with Gasteiger partial charge in [-0.2, -0.15) is 0 Å². The van der Waals surface area contributed by atoms with Crippen LogP contribution in [0.4, 0.5) is 0 Å². The largest absolute Gasteiger partial charge is 0.456 e. The Hall–Kier alpha value is -7.04. The lowest BCUT2D eigenvalue weighted by atomic mass is 9.93. The van der Waals surface area contributed by atoms with Crippen molar-refractivity contribution in [2.75, 3.05) is 0 Å². The first-order chi connectivity index (χ1) is 25.7. The molecule has 0 fully saturated rings. The average Bonchev–Trinajstić information content (AvgIpc) is 3.79. The second-order valence-electron chi connectivity index (χ2n) is 13.3. The molecule has 242 valence electrons. The van der Waals surface area contributed by atoms with Gasteiger partial charge in [-0.1, -0.05) is 121 Å². The zero-order chi connectivity index (χ0) is 34.2. The summed E-state index contributed by atoms with van der Waals surface area (Å²) >= 11 is 0. The van der Waals surface area contributed by atoms with Crippen LogP contribution in [0.2, 0.25) is 0 Å². The quantitative estimate of drug-likeness (QED) is 0.176. The minimum absolute atomic E-state index is 0.648. The SMILES string of the molecule is c1ccc(-c2cc(-c3cccc4oc5cccc(-c6ccc7ccc8ccccc8c7c6)c5c34)nc(-c3ccc4oc5ccccc5c4c3)n2)cc1. The van der Waals surface area contributed by atoms with Gasteiger partial charge in [-0.3, -0.25) is 0 Å². The number of aromatic nitrogens is 2. The molecule has 11 rings (SSSR count). The first kappa shape index (κ1) is 28.8. The standard InChI is InChI=1S/C48H28N2O2/c1-2-11-31(12-3-1)40-28-41(50-48(49-40)33-24-25-43-39(27-33)36-14-6-7-17-42(36)51-43)37-16-9-19-45-47(37)46-35(15-8-18-44(46)52-45)32-23-22-30-21-20-29-10-4-5-13-34(29)38(30)26-32/h1-28H. The topological polar surface area (TPSA) is 52.1 Å². The predicted molar refractivity (Wildman–Crippen MR) is 213 cm³/mol. The summed E-state index contributed by atoms with van der Waals surface area (Å²) in [4.78, 5) is 10.5. The highest BCUT2D eigenvalue weighted by Crippen LogP contribution is 2.43. The van der Waals surface area contributed by atoms with Gasteiger partial charge in [0.25, 0.3) is 0 Å². The van der Waals surface area contributed by atoms with E-state index in [4.69, 9.17) is 18.8 Å².